The Labute approximate surface area is 127 Å². The van der Waals surface area contributed by atoms with Crippen molar-refractivity contribution in [1.29, 1.82) is 0 Å². The summed E-state index contributed by atoms with van der Waals surface area (Å²) in [5.41, 5.74) is -0.887. The lowest BCUT2D eigenvalue weighted by molar-refractivity contribution is -0.141. The van der Waals surface area contributed by atoms with Gasteiger partial charge in [-0.3, -0.25) is 0 Å². The molecule has 0 radical (unpaired) electrons. The number of alkyl halides is 3. The molecule has 4 atom stereocenters. The molecule has 1 aromatic rings. The summed E-state index contributed by atoms with van der Waals surface area (Å²) in [6.45, 7) is 0. The van der Waals surface area contributed by atoms with Gasteiger partial charge < -0.3 is 10.2 Å². The average Bonchev–Trinajstić information content (AvgIpc) is 2.82. The van der Waals surface area contributed by atoms with Crippen molar-refractivity contribution in [2.75, 3.05) is 24.3 Å². The normalized spacial score (nSPS) is 35.4. The van der Waals surface area contributed by atoms with Gasteiger partial charge in [0.2, 0.25) is 5.95 Å². The second-order valence-electron chi connectivity index (χ2n) is 6.99. The van der Waals surface area contributed by atoms with E-state index in [0.717, 1.165) is 17.9 Å². The maximum atomic E-state index is 13.0. The van der Waals surface area contributed by atoms with Crippen LogP contribution in [0, 0.1) is 23.7 Å². The van der Waals surface area contributed by atoms with Gasteiger partial charge in [-0.1, -0.05) is 0 Å². The van der Waals surface area contributed by atoms with Crippen LogP contribution in [0.5, 0.6) is 0 Å². The molecular weight excluding hydrogens is 293 g/mol. The zero-order valence-electron chi connectivity index (χ0n) is 12.6. The van der Waals surface area contributed by atoms with Crippen molar-refractivity contribution >= 4 is 11.8 Å². The third kappa shape index (κ3) is 2.13. The lowest BCUT2D eigenvalue weighted by Gasteiger charge is -2.17. The summed E-state index contributed by atoms with van der Waals surface area (Å²) >= 11 is 0. The molecule has 0 aromatic carbocycles. The first-order valence-electron chi connectivity index (χ1n) is 7.75. The van der Waals surface area contributed by atoms with E-state index in [0.29, 0.717) is 11.8 Å². The Morgan fingerprint density at radius 3 is 2.32 bits per heavy atom. The minimum atomic E-state index is -4.46. The molecule has 22 heavy (non-hydrogen) atoms. The smallest absolute Gasteiger partial charge is 0.363 e. The van der Waals surface area contributed by atoms with E-state index in [-0.39, 0.29) is 17.8 Å². The zero-order chi connectivity index (χ0) is 15.6. The molecule has 120 valence electrons. The predicted molar refractivity (Wildman–Crippen MR) is 76.6 cm³/mol. The van der Waals surface area contributed by atoms with Crippen molar-refractivity contribution in [3.05, 3.63) is 11.8 Å². The van der Waals surface area contributed by atoms with Gasteiger partial charge in [-0.15, -0.1) is 0 Å². The number of anilines is 2. The molecule has 0 saturated heterocycles. The van der Waals surface area contributed by atoms with E-state index in [1.165, 1.54) is 19.3 Å². The monoisotopic (exact) mass is 312 g/mol. The Morgan fingerprint density at radius 1 is 1.14 bits per heavy atom. The van der Waals surface area contributed by atoms with Crippen LogP contribution in [0.2, 0.25) is 0 Å². The molecule has 4 unspecified atom stereocenters. The zero-order valence-corrected chi connectivity index (χ0v) is 12.6. The third-order valence-electron chi connectivity index (χ3n) is 5.49. The van der Waals surface area contributed by atoms with Crippen molar-refractivity contribution in [2.24, 2.45) is 23.7 Å². The molecular formula is C15H19F3N4. The lowest BCUT2D eigenvalue weighted by atomic mass is 10.0. The van der Waals surface area contributed by atoms with E-state index in [1.54, 1.807) is 19.0 Å². The minimum Gasteiger partial charge on any atom is -0.363 e. The first-order chi connectivity index (χ1) is 10.3. The molecule has 7 heteroatoms. The number of fused-ring (bicyclic) bond motifs is 5. The summed E-state index contributed by atoms with van der Waals surface area (Å²) in [6.07, 6.45) is -0.602. The maximum Gasteiger partial charge on any atom is 0.433 e. The van der Waals surface area contributed by atoms with Gasteiger partial charge in [0.1, 0.15) is 5.82 Å². The molecule has 3 aliphatic carbocycles. The van der Waals surface area contributed by atoms with Gasteiger partial charge in [0.05, 0.1) is 0 Å². The highest BCUT2D eigenvalue weighted by molar-refractivity contribution is 5.46. The van der Waals surface area contributed by atoms with Crippen molar-refractivity contribution < 1.29 is 13.2 Å². The summed E-state index contributed by atoms with van der Waals surface area (Å²) in [5.74, 6) is 3.15. The summed E-state index contributed by atoms with van der Waals surface area (Å²) in [6, 6.07) is 1.26. The first-order valence-corrected chi connectivity index (χ1v) is 7.75. The number of rotatable bonds is 3. The number of nitrogens with zero attached hydrogens (tertiary/aromatic N) is 3. The van der Waals surface area contributed by atoms with E-state index in [9.17, 15) is 13.2 Å². The summed E-state index contributed by atoms with van der Waals surface area (Å²) < 4.78 is 39.0. The highest BCUT2D eigenvalue weighted by Gasteiger charge is 2.65. The molecule has 0 amide bonds. The summed E-state index contributed by atoms with van der Waals surface area (Å²) in [5, 5.41) is 3.18. The van der Waals surface area contributed by atoms with Crippen LogP contribution in [-0.2, 0) is 6.18 Å². The molecule has 1 heterocycles. The second-order valence-corrected chi connectivity index (χ2v) is 6.99. The van der Waals surface area contributed by atoms with E-state index in [1.807, 2.05) is 0 Å². The Kier molecular flexibility index (Phi) is 2.87. The minimum absolute atomic E-state index is 0.109. The fraction of sp³-hybridized carbons (Fsp3) is 0.733. The molecule has 1 N–H and O–H groups in total. The fourth-order valence-corrected chi connectivity index (χ4v) is 4.54. The van der Waals surface area contributed by atoms with E-state index < -0.39 is 11.9 Å². The van der Waals surface area contributed by atoms with Gasteiger partial charge in [0, 0.05) is 26.2 Å². The molecule has 3 aliphatic rings. The molecule has 0 aliphatic heterocycles. The largest absolute Gasteiger partial charge is 0.433 e. The van der Waals surface area contributed by atoms with E-state index in [2.05, 4.69) is 15.3 Å². The van der Waals surface area contributed by atoms with Gasteiger partial charge in [0.15, 0.2) is 5.69 Å². The molecule has 3 fully saturated rings. The highest BCUT2D eigenvalue weighted by atomic mass is 19.4. The molecule has 4 rings (SSSR count). The van der Waals surface area contributed by atoms with Crippen LogP contribution in [0.15, 0.2) is 6.07 Å². The Balaban J connectivity index is 1.58. The molecule has 0 spiro atoms. The fourth-order valence-electron chi connectivity index (χ4n) is 4.54. The van der Waals surface area contributed by atoms with Crippen molar-refractivity contribution in [3.8, 4) is 0 Å². The van der Waals surface area contributed by atoms with Gasteiger partial charge >= 0.3 is 6.18 Å². The Morgan fingerprint density at radius 2 is 1.77 bits per heavy atom. The van der Waals surface area contributed by atoms with Crippen LogP contribution in [0.25, 0.3) is 0 Å². The molecule has 2 bridgehead atoms. The number of halogens is 3. The van der Waals surface area contributed by atoms with Crippen LogP contribution < -0.4 is 10.2 Å². The van der Waals surface area contributed by atoms with Crippen LogP contribution >= 0.6 is 0 Å². The standard InChI is InChI=1S/C15H19F3N4/c1-22(2)10-6-9(15(16,17)18)19-14(20-10)21-13-11-7-3-4-8(5-7)12(11)13/h6-8,11-13H,3-5H2,1-2H3,(H,19,20,21). The van der Waals surface area contributed by atoms with Crippen LogP contribution in [0.3, 0.4) is 0 Å². The summed E-state index contributed by atoms with van der Waals surface area (Å²) in [7, 11) is 3.36. The number of hydrogen-bond acceptors (Lipinski definition) is 4. The lowest BCUT2D eigenvalue weighted by Crippen LogP contribution is -2.20. The quantitative estimate of drug-likeness (QED) is 0.931. The van der Waals surface area contributed by atoms with Gasteiger partial charge in [0.25, 0.3) is 0 Å². The average molecular weight is 312 g/mol. The van der Waals surface area contributed by atoms with Crippen LogP contribution in [0.1, 0.15) is 25.0 Å². The van der Waals surface area contributed by atoms with Crippen LogP contribution in [-0.4, -0.2) is 30.1 Å². The van der Waals surface area contributed by atoms with Crippen molar-refractivity contribution in [1.82, 2.24) is 9.97 Å². The number of nitrogens with one attached hydrogen (secondary N) is 1. The summed E-state index contributed by atoms with van der Waals surface area (Å²) in [4.78, 5) is 9.49. The van der Waals surface area contributed by atoms with Gasteiger partial charge in [-0.25, -0.2) is 4.98 Å². The number of aromatic nitrogens is 2. The second kappa shape index (κ2) is 4.49. The van der Waals surface area contributed by atoms with E-state index in [4.69, 9.17) is 0 Å². The molecule has 1 aromatic heterocycles. The maximum absolute atomic E-state index is 13.0. The third-order valence-corrected chi connectivity index (χ3v) is 5.49. The first kappa shape index (κ1) is 14.1. The molecule has 4 nitrogen and oxygen atoms in total. The predicted octanol–water partition coefficient (Wildman–Crippen LogP) is 3.02. The van der Waals surface area contributed by atoms with Gasteiger partial charge in [-0.05, 0) is 42.9 Å². The van der Waals surface area contributed by atoms with Crippen molar-refractivity contribution in [2.45, 2.75) is 31.5 Å². The Bertz CT molecular complexity index is 585. The highest BCUT2D eigenvalue weighted by Crippen LogP contribution is 2.66. The van der Waals surface area contributed by atoms with E-state index >= 15 is 0 Å². The SMILES string of the molecule is CN(C)c1cc(C(F)(F)F)nc(NC2C3C4CCC(C4)C23)n1. The topological polar surface area (TPSA) is 41.1 Å². The molecule has 3 saturated carbocycles. The number of hydrogen-bond donors (Lipinski definition) is 1. The van der Waals surface area contributed by atoms with Crippen molar-refractivity contribution in [3.63, 3.8) is 0 Å². The Hall–Kier alpha value is -1.53. The van der Waals surface area contributed by atoms with Gasteiger partial charge in [-0.2, -0.15) is 18.2 Å². The van der Waals surface area contributed by atoms with Crippen LogP contribution in [0.4, 0.5) is 24.9 Å².